The van der Waals surface area contributed by atoms with Crippen LogP contribution < -0.4 is 20.9 Å². The molecule has 41 heavy (non-hydrogen) atoms. The second-order valence-corrected chi connectivity index (χ2v) is 10.7. The number of ether oxygens (including phenoxy) is 1. The standard InChI is InChI=1S/C28H37F3N6O4/c1-27(2,3)34-26(40)37(16-17-41-4)19-24(38)32-21-8-10-23(11-9-21)35-12-14-36(15-13-35)25(39)33-22-7-5-6-20(18-22)28(29,30)31/h5-11,18H,12-17,19H2,1-4H3,(H,32,38)(H,33,39)(H,34,40). The SMILES string of the molecule is COCCN(CC(=O)Nc1ccc(N2CCN(C(=O)Nc3cccc(C(F)(F)F)c3)CC2)cc1)C(=O)NC(C)(C)C. The Hall–Kier alpha value is -4.00. The number of anilines is 3. The van der Waals surface area contributed by atoms with E-state index in [1.807, 2.05) is 32.9 Å². The minimum absolute atomic E-state index is 0.0848. The fourth-order valence-corrected chi connectivity index (χ4v) is 4.13. The van der Waals surface area contributed by atoms with Gasteiger partial charge in [0.15, 0.2) is 0 Å². The number of methoxy groups -OCH3 is 1. The molecule has 0 radical (unpaired) electrons. The van der Waals surface area contributed by atoms with E-state index in [-0.39, 0.29) is 30.7 Å². The average molecular weight is 579 g/mol. The summed E-state index contributed by atoms with van der Waals surface area (Å²) < 4.78 is 43.9. The van der Waals surface area contributed by atoms with Crippen LogP contribution in [0.1, 0.15) is 26.3 Å². The molecule has 0 bridgehead atoms. The smallest absolute Gasteiger partial charge is 0.383 e. The summed E-state index contributed by atoms with van der Waals surface area (Å²) >= 11 is 0. The lowest BCUT2D eigenvalue weighted by Crippen LogP contribution is -2.51. The Morgan fingerprint density at radius 2 is 1.59 bits per heavy atom. The molecule has 13 heteroatoms. The fraction of sp³-hybridized carbons (Fsp3) is 0.464. The molecule has 2 aromatic rings. The zero-order chi connectivity index (χ0) is 30.2. The van der Waals surface area contributed by atoms with Crippen molar-refractivity contribution in [3.05, 3.63) is 54.1 Å². The molecule has 1 heterocycles. The van der Waals surface area contributed by atoms with Crippen LogP contribution in [-0.2, 0) is 15.7 Å². The van der Waals surface area contributed by atoms with E-state index in [2.05, 4.69) is 20.9 Å². The monoisotopic (exact) mass is 578 g/mol. The number of carbonyl (C=O) groups excluding carboxylic acids is 3. The average Bonchev–Trinajstić information content (AvgIpc) is 2.90. The topological polar surface area (TPSA) is 106 Å². The van der Waals surface area contributed by atoms with Crippen molar-refractivity contribution in [1.29, 1.82) is 0 Å². The first-order valence-electron chi connectivity index (χ1n) is 13.2. The number of halogens is 3. The predicted octanol–water partition coefficient (Wildman–Crippen LogP) is 4.45. The molecule has 0 atom stereocenters. The molecule has 3 rings (SSSR count). The summed E-state index contributed by atoms with van der Waals surface area (Å²) in [6.45, 7) is 7.81. The summed E-state index contributed by atoms with van der Waals surface area (Å²) in [6, 6.07) is 10.9. The largest absolute Gasteiger partial charge is 0.416 e. The predicted molar refractivity (Wildman–Crippen MR) is 151 cm³/mol. The Morgan fingerprint density at radius 1 is 0.927 bits per heavy atom. The van der Waals surface area contributed by atoms with Gasteiger partial charge in [-0.2, -0.15) is 13.2 Å². The molecular weight excluding hydrogens is 541 g/mol. The normalized spacial score (nSPS) is 13.9. The number of nitrogens with zero attached hydrogens (tertiary/aromatic N) is 3. The summed E-state index contributed by atoms with van der Waals surface area (Å²) in [5.74, 6) is -0.349. The minimum Gasteiger partial charge on any atom is -0.383 e. The molecule has 0 aliphatic carbocycles. The number of hydrogen-bond acceptors (Lipinski definition) is 5. The molecule has 0 unspecified atom stereocenters. The third-order valence-electron chi connectivity index (χ3n) is 6.19. The molecule has 224 valence electrons. The van der Waals surface area contributed by atoms with Crippen LogP contribution in [0.15, 0.2) is 48.5 Å². The van der Waals surface area contributed by atoms with E-state index in [0.29, 0.717) is 38.5 Å². The number of amides is 5. The van der Waals surface area contributed by atoms with Gasteiger partial charge >= 0.3 is 18.2 Å². The van der Waals surface area contributed by atoms with Crippen molar-refractivity contribution >= 4 is 35.0 Å². The third-order valence-corrected chi connectivity index (χ3v) is 6.19. The first kappa shape index (κ1) is 31.5. The Labute approximate surface area is 237 Å². The van der Waals surface area contributed by atoms with Gasteiger partial charge in [0.25, 0.3) is 0 Å². The molecule has 0 saturated carbocycles. The number of piperazine rings is 1. The molecule has 5 amide bonds. The van der Waals surface area contributed by atoms with Gasteiger partial charge in [0, 0.05) is 62.4 Å². The second-order valence-electron chi connectivity index (χ2n) is 10.7. The van der Waals surface area contributed by atoms with Crippen molar-refractivity contribution in [3.8, 4) is 0 Å². The van der Waals surface area contributed by atoms with Crippen molar-refractivity contribution in [3.63, 3.8) is 0 Å². The number of nitrogens with one attached hydrogen (secondary N) is 3. The number of benzene rings is 2. The zero-order valence-electron chi connectivity index (χ0n) is 23.7. The maximum atomic E-state index is 13.0. The lowest BCUT2D eigenvalue weighted by Gasteiger charge is -2.36. The van der Waals surface area contributed by atoms with Gasteiger partial charge in [-0.1, -0.05) is 6.07 Å². The molecule has 2 aromatic carbocycles. The number of hydrogen-bond donors (Lipinski definition) is 3. The Balaban J connectivity index is 1.50. The quantitative estimate of drug-likeness (QED) is 0.429. The molecule has 0 spiro atoms. The molecule has 0 aromatic heterocycles. The summed E-state index contributed by atoms with van der Waals surface area (Å²) in [4.78, 5) is 42.9. The second kappa shape index (κ2) is 13.6. The lowest BCUT2D eigenvalue weighted by molar-refractivity contribution is -0.137. The van der Waals surface area contributed by atoms with E-state index in [0.717, 1.165) is 17.8 Å². The van der Waals surface area contributed by atoms with E-state index in [1.54, 1.807) is 17.0 Å². The van der Waals surface area contributed by atoms with E-state index in [9.17, 15) is 27.6 Å². The van der Waals surface area contributed by atoms with E-state index < -0.39 is 23.3 Å². The third kappa shape index (κ3) is 9.85. The number of urea groups is 2. The highest BCUT2D eigenvalue weighted by Crippen LogP contribution is 2.30. The maximum absolute atomic E-state index is 13.0. The van der Waals surface area contributed by atoms with Crippen molar-refractivity contribution < 1.29 is 32.3 Å². The highest BCUT2D eigenvalue weighted by molar-refractivity contribution is 5.94. The number of rotatable bonds is 8. The van der Waals surface area contributed by atoms with E-state index in [4.69, 9.17) is 4.74 Å². The van der Waals surface area contributed by atoms with E-state index in [1.165, 1.54) is 24.1 Å². The van der Waals surface area contributed by atoms with Crippen molar-refractivity contribution in [2.24, 2.45) is 0 Å². The highest BCUT2D eigenvalue weighted by Gasteiger charge is 2.31. The molecule has 1 aliphatic rings. The highest BCUT2D eigenvalue weighted by atomic mass is 19.4. The molecule has 1 fully saturated rings. The van der Waals surface area contributed by atoms with Gasteiger partial charge in [0.1, 0.15) is 6.54 Å². The first-order valence-corrected chi connectivity index (χ1v) is 13.2. The van der Waals surface area contributed by atoms with Gasteiger partial charge in [-0.25, -0.2) is 9.59 Å². The van der Waals surface area contributed by atoms with Crippen LogP contribution >= 0.6 is 0 Å². The number of alkyl halides is 3. The molecule has 3 N–H and O–H groups in total. The fourth-order valence-electron chi connectivity index (χ4n) is 4.13. The molecule has 10 nitrogen and oxygen atoms in total. The van der Waals surface area contributed by atoms with Crippen molar-refractivity contribution in [1.82, 2.24) is 15.1 Å². The van der Waals surface area contributed by atoms with Crippen LogP contribution in [0.25, 0.3) is 0 Å². The Kier molecular flexibility index (Phi) is 10.4. The van der Waals surface area contributed by atoms with Gasteiger partial charge in [-0.15, -0.1) is 0 Å². The van der Waals surface area contributed by atoms with Crippen molar-refractivity contribution in [2.75, 3.05) is 68.5 Å². The van der Waals surface area contributed by atoms with Gasteiger partial charge in [-0.05, 0) is 63.2 Å². The van der Waals surface area contributed by atoms with Crippen LogP contribution in [0.2, 0.25) is 0 Å². The van der Waals surface area contributed by atoms with Crippen LogP contribution in [0.4, 0.5) is 39.8 Å². The maximum Gasteiger partial charge on any atom is 0.416 e. The van der Waals surface area contributed by atoms with Gasteiger partial charge < -0.3 is 35.4 Å². The molecular formula is C28H37F3N6O4. The molecule has 1 saturated heterocycles. The Morgan fingerprint density at radius 3 is 2.17 bits per heavy atom. The van der Waals surface area contributed by atoms with Gasteiger partial charge in [0.05, 0.1) is 12.2 Å². The van der Waals surface area contributed by atoms with Crippen LogP contribution in [0.3, 0.4) is 0 Å². The van der Waals surface area contributed by atoms with Crippen LogP contribution in [0, 0.1) is 0 Å². The molecule has 1 aliphatic heterocycles. The summed E-state index contributed by atoms with van der Waals surface area (Å²) in [7, 11) is 1.52. The first-order chi connectivity index (χ1) is 19.2. The van der Waals surface area contributed by atoms with Gasteiger partial charge in [0.2, 0.25) is 5.91 Å². The summed E-state index contributed by atoms with van der Waals surface area (Å²) in [6.07, 6.45) is -4.49. The van der Waals surface area contributed by atoms with Gasteiger partial charge in [-0.3, -0.25) is 4.79 Å². The van der Waals surface area contributed by atoms with Crippen LogP contribution in [0.5, 0.6) is 0 Å². The Bertz CT molecular complexity index is 1190. The number of carbonyl (C=O) groups is 3. The van der Waals surface area contributed by atoms with E-state index >= 15 is 0 Å². The summed E-state index contributed by atoms with van der Waals surface area (Å²) in [5, 5.41) is 8.19. The minimum atomic E-state index is -4.49. The summed E-state index contributed by atoms with van der Waals surface area (Å²) in [5.41, 5.74) is 0.274. The zero-order valence-corrected chi connectivity index (χ0v) is 23.7. The van der Waals surface area contributed by atoms with Crippen LogP contribution in [-0.4, -0.2) is 86.3 Å². The lowest BCUT2D eigenvalue weighted by atomic mass is 10.1. The van der Waals surface area contributed by atoms with Crippen molar-refractivity contribution in [2.45, 2.75) is 32.5 Å².